The lowest BCUT2D eigenvalue weighted by molar-refractivity contribution is -0.136. The van der Waals surface area contributed by atoms with Gasteiger partial charge in [-0.3, -0.25) is 9.78 Å². The summed E-state index contributed by atoms with van der Waals surface area (Å²) in [5, 5.41) is 8.46. The third-order valence-corrected chi connectivity index (χ3v) is 1.87. The van der Waals surface area contributed by atoms with Gasteiger partial charge in [0.15, 0.2) is 0 Å². The number of hydrogen-bond acceptors (Lipinski definition) is 2. The summed E-state index contributed by atoms with van der Waals surface area (Å²) in [6.07, 6.45) is -3.48. The van der Waals surface area contributed by atoms with Gasteiger partial charge in [-0.25, -0.2) is 13.2 Å². The molecular weight excluding hydrogens is 211 g/mol. The molecule has 1 aromatic heterocycles. The molecule has 0 radical (unpaired) electrons. The van der Waals surface area contributed by atoms with E-state index in [2.05, 4.69) is 4.98 Å². The van der Waals surface area contributed by atoms with Crippen LogP contribution >= 0.6 is 0 Å². The van der Waals surface area contributed by atoms with E-state index in [1.165, 1.54) is 6.92 Å². The van der Waals surface area contributed by atoms with Crippen LogP contribution in [0.3, 0.4) is 0 Å². The Morgan fingerprint density at radius 2 is 2.20 bits per heavy atom. The zero-order valence-corrected chi connectivity index (χ0v) is 7.80. The van der Waals surface area contributed by atoms with Crippen molar-refractivity contribution in [1.29, 1.82) is 0 Å². The molecule has 0 spiro atoms. The van der Waals surface area contributed by atoms with Gasteiger partial charge in [0, 0.05) is 11.6 Å². The summed E-state index contributed by atoms with van der Waals surface area (Å²) in [6, 6.07) is 0.616. The molecule has 0 aliphatic carbocycles. The number of halogens is 3. The Morgan fingerprint density at radius 1 is 1.60 bits per heavy atom. The highest BCUT2D eigenvalue weighted by Gasteiger charge is 2.16. The largest absolute Gasteiger partial charge is 0.481 e. The zero-order chi connectivity index (χ0) is 11.6. The average Bonchev–Trinajstić information content (AvgIpc) is 2.11. The molecule has 0 amide bonds. The van der Waals surface area contributed by atoms with E-state index in [1.807, 2.05) is 0 Å². The number of hydrogen-bond donors (Lipinski definition) is 1. The zero-order valence-electron chi connectivity index (χ0n) is 7.80. The number of pyridine rings is 1. The molecule has 0 saturated heterocycles. The van der Waals surface area contributed by atoms with Gasteiger partial charge >= 0.3 is 5.97 Å². The molecular formula is C9H8F3NO2. The molecule has 3 nitrogen and oxygen atoms in total. The van der Waals surface area contributed by atoms with Crippen LogP contribution in [0.2, 0.25) is 0 Å². The number of alkyl halides is 2. The molecule has 0 fully saturated rings. The van der Waals surface area contributed by atoms with Crippen molar-refractivity contribution in [3.63, 3.8) is 0 Å². The Hall–Kier alpha value is -1.59. The molecule has 0 atom stereocenters. The third-order valence-electron chi connectivity index (χ3n) is 1.87. The van der Waals surface area contributed by atoms with Crippen LogP contribution in [0.5, 0.6) is 0 Å². The Labute approximate surface area is 83.6 Å². The van der Waals surface area contributed by atoms with E-state index in [1.54, 1.807) is 0 Å². The standard InChI is InChI=1S/C9H8F3NO2/c1-4-5(10)2-7(9(11)12)13-6(4)3-8(14)15/h2,9H,3H2,1H3,(H,14,15). The molecule has 15 heavy (non-hydrogen) atoms. The highest BCUT2D eigenvalue weighted by atomic mass is 19.3. The monoisotopic (exact) mass is 219 g/mol. The minimum atomic E-state index is -2.91. The number of carboxylic acids is 1. The number of aromatic nitrogens is 1. The van der Waals surface area contributed by atoms with Gasteiger partial charge in [0.05, 0.1) is 12.1 Å². The minimum absolute atomic E-state index is 0.0122. The Morgan fingerprint density at radius 3 is 2.67 bits per heavy atom. The number of carbonyl (C=O) groups is 1. The summed E-state index contributed by atoms with van der Waals surface area (Å²) in [6.45, 7) is 1.30. The maximum atomic E-state index is 13.1. The van der Waals surface area contributed by atoms with E-state index >= 15 is 0 Å². The van der Waals surface area contributed by atoms with E-state index in [9.17, 15) is 18.0 Å². The number of rotatable bonds is 3. The van der Waals surface area contributed by atoms with Crippen LogP contribution < -0.4 is 0 Å². The number of carboxylic acid groups (broad SMARTS) is 1. The second-order valence-electron chi connectivity index (χ2n) is 2.97. The second kappa shape index (κ2) is 4.29. The summed E-state index contributed by atoms with van der Waals surface area (Å²) < 4.78 is 37.5. The van der Waals surface area contributed by atoms with Gasteiger partial charge in [0.1, 0.15) is 11.5 Å². The van der Waals surface area contributed by atoms with Crippen molar-refractivity contribution in [3.05, 3.63) is 28.8 Å². The molecule has 0 bridgehead atoms. The predicted molar refractivity (Wildman–Crippen MR) is 45.2 cm³/mol. The third kappa shape index (κ3) is 2.68. The molecule has 0 aliphatic rings. The van der Waals surface area contributed by atoms with E-state index in [-0.39, 0.29) is 11.3 Å². The highest BCUT2D eigenvalue weighted by Crippen LogP contribution is 2.21. The van der Waals surface area contributed by atoms with Gasteiger partial charge in [0.25, 0.3) is 6.43 Å². The molecule has 6 heteroatoms. The quantitative estimate of drug-likeness (QED) is 0.846. The SMILES string of the molecule is Cc1c(F)cc(C(F)F)nc1CC(=O)O. The van der Waals surface area contributed by atoms with Gasteiger partial charge in [-0.2, -0.15) is 0 Å². The van der Waals surface area contributed by atoms with Crippen molar-refractivity contribution in [1.82, 2.24) is 4.98 Å². The van der Waals surface area contributed by atoms with Crippen molar-refractivity contribution >= 4 is 5.97 Å². The topological polar surface area (TPSA) is 50.2 Å². The van der Waals surface area contributed by atoms with Gasteiger partial charge < -0.3 is 5.11 Å². The predicted octanol–water partition coefficient (Wildman–Crippen LogP) is 2.09. The molecule has 0 unspecified atom stereocenters. The van der Waals surface area contributed by atoms with Gasteiger partial charge in [0.2, 0.25) is 0 Å². The average molecular weight is 219 g/mol. The molecule has 1 heterocycles. The van der Waals surface area contributed by atoms with Crippen LogP contribution in [0, 0.1) is 12.7 Å². The smallest absolute Gasteiger partial charge is 0.309 e. The molecule has 0 aliphatic heterocycles. The highest BCUT2D eigenvalue weighted by molar-refractivity contribution is 5.70. The summed E-state index contributed by atoms with van der Waals surface area (Å²) in [5.74, 6) is -2.10. The fraction of sp³-hybridized carbons (Fsp3) is 0.333. The lowest BCUT2D eigenvalue weighted by Gasteiger charge is -2.06. The minimum Gasteiger partial charge on any atom is -0.481 e. The van der Waals surface area contributed by atoms with E-state index in [4.69, 9.17) is 5.11 Å². The van der Waals surface area contributed by atoms with Gasteiger partial charge in [-0.05, 0) is 6.92 Å². The first kappa shape index (κ1) is 11.5. The number of nitrogens with zero attached hydrogens (tertiary/aromatic N) is 1. The first-order chi connectivity index (χ1) is 6.91. The molecule has 82 valence electrons. The molecule has 0 aromatic carbocycles. The lowest BCUT2D eigenvalue weighted by Crippen LogP contribution is -2.08. The number of aliphatic carboxylic acids is 1. The van der Waals surface area contributed by atoms with Crippen LogP contribution in [0.4, 0.5) is 13.2 Å². The maximum absolute atomic E-state index is 13.1. The van der Waals surface area contributed by atoms with Crippen molar-refractivity contribution in [2.24, 2.45) is 0 Å². The van der Waals surface area contributed by atoms with Crippen molar-refractivity contribution < 1.29 is 23.1 Å². The summed E-state index contributed by atoms with van der Waals surface area (Å²) in [5.41, 5.74) is -0.922. The van der Waals surface area contributed by atoms with E-state index in [0.717, 1.165) is 0 Å². The first-order valence-electron chi connectivity index (χ1n) is 4.07. The lowest BCUT2D eigenvalue weighted by atomic mass is 10.1. The fourth-order valence-electron chi connectivity index (χ4n) is 1.08. The van der Waals surface area contributed by atoms with E-state index < -0.39 is 30.3 Å². The van der Waals surface area contributed by atoms with E-state index in [0.29, 0.717) is 6.07 Å². The van der Waals surface area contributed by atoms with Crippen molar-refractivity contribution in [2.45, 2.75) is 19.8 Å². The van der Waals surface area contributed by atoms with Crippen LogP contribution in [0.1, 0.15) is 23.4 Å². The Bertz CT molecular complexity index is 393. The second-order valence-corrected chi connectivity index (χ2v) is 2.97. The van der Waals surface area contributed by atoms with Crippen LogP contribution in [0.15, 0.2) is 6.07 Å². The van der Waals surface area contributed by atoms with Crippen molar-refractivity contribution in [3.8, 4) is 0 Å². The van der Waals surface area contributed by atoms with Crippen LogP contribution in [0.25, 0.3) is 0 Å². The van der Waals surface area contributed by atoms with Crippen LogP contribution in [-0.4, -0.2) is 16.1 Å². The Balaban J connectivity index is 3.18. The van der Waals surface area contributed by atoms with Gasteiger partial charge in [-0.1, -0.05) is 0 Å². The molecule has 1 rings (SSSR count). The summed E-state index contributed by atoms with van der Waals surface area (Å²) >= 11 is 0. The van der Waals surface area contributed by atoms with Crippen LogP contribution in [-0.2, 0) is 11.2 Å². The first-order valence-corrected chi connectivity index (χ1v) is 4.07. The normalized spacial score (nSPS) is 10.7. The summed E-state index contributed by atoms with van der Waals surface area (Å²) in [4.78, 5) is 13.8. The maximum Gasteiger partial charge on any atom is 0.309 e. The molecule has 1 N–H and O–H groups in total. The van der Waals surface area contributed by atoms with Crippen molar-refractivity contribution in [2.75, 3.05) is 0 Å². The molecule has 0 saturated carbocycles. The molecule has 1 aromatic rings. The Kier molecular flexibility index (Phi) is 3.28. The summed E-state index contributed by atoms with van der Waals surface area (Å²) in [7, 11) is 0. The van der Waals surface area contributed by atoms with Gasteiger partial charge in [-0.15, -0.1) is 0 Å². The fourth-order valence-corrected chi connectivity index (χ4v) is 1.08.